The first-order valence-corrected chi connectivity index (χ1v) is 9.82. The quantitative estimate of drug-likeness (QED) is 0.782. The number of hydrogen-bond acceptors (Lipinski definition) is 4. The molecule has 22 heavy (non-hydrogen) atoms. The summed E-state index contributed by atoms with van der Waals surface area (Å²) in [5.41, 5.74) is 6.65. The second kappa shape index (κ2) is 7.29. The molecule has 0 aliphatic heterocycles. The van der Waals surface area contributed by atoms with Gasteiger partial charge in [-0.25, -0.2) is 13.1 Å². The Bertz CT molecular complexity index is 613. The maximum absolute atomic E-state index is 12.7. The molecular weight excluding hydrogens is 366 g/mol. The summed E-state index contributed by atoms with van der Waals surface area (Å²) in [6.45, 7) is 0.328. The van der Waals surface area contributed by atoms with Crippen LogP contribution < -0.4 is 15.4 Å². The van der Waals surface area contributed by atoms with Crippen molar-refractivity contribution in [3.8, 4) is 0 Å². The number of rotatable bonds is 6. The van der Waals surface area contributed by atoms with Gasteiger partial charge in [0, 0.05) is 36.8 Å². The van der Waals surface area contributed by atoms with Gasteiger partial charge >= 0.3 is 0 Å². The molecule has 5 nitrogen and oxygen atoms in total. The van der Waals surface area contributed by atoms with Crippen LogP contribution in [0, 0.1) is 5.92 Å². The molecule has 0 saturated heterocycles. The summed E-state index contributed by atoms with van der Waals surface area (Å²) in [7, 11) is 0.167. The molecule has 1 aliphatic carbocycles. The van der Waals surface area contributed by atoms with Crippen molar-refractivity contribution in [3.63, 3.8) is 0 Å². The largest absolute Gasteiger partial charge is 0.378 e. The van der Waals surface area contributed by atoms with Crippen molar-refractivity contribution >= 4 is 31.6 Å². The Kier molecular flexibility index (Phi) is 5.87. The molecule has 0 radical (unpaired) electrons. The number of benzene rings is 1. The second-order valence-corrected chi connectivity index (χ2v) is 8.55. The van der Waals surface area contributed by atoms with Crippen molar-refractivity contribution in [2.24, 2.45) is 11.7 Å². The molecule has 0 heterocycles. The van der Waals surface area contributed by atoms with Crippen molar-refractivity contribution in [2.45, 2.75) is 36.6 Å². The van der Waals surface area contributed by atoms with Gasteiger partial charge < -0.3 is 10.6 Å². The lowest BCUT2D eigenvalue weighted by Crippen LogP contribution is -2.44. The number of nitrogens with one attached hydrogen (secondary N) is 1. The molecule has 2 rings (SSSR count). The fourth-order valence-corrected chi connectivity index (χ4v) is 5.24. The molecule has 0 amide bonds. The van der Waals surface area contributed by atoms with E-state index in [9.17, 15) is 8.42 Å². The van der Waals surface area contributed by atoms with Crippen LogP contribution in [0.15, 0.2) is 27.6 Å². The Morgan fingerprint density at radius 1 is 1.36 bits per heavy atom. The van der Waals surface area contributed by atoms with Gasteiger partial charge in [0.05, 0.1) is 4.90 Å². The summed E-state index contributed by atoms with van der Waals surface area (Å²) >= 11 is 3.34. The normalized spacial score (nSPS) is 17.6. The van der Waals surface area contributed by atoms with E-state index in [1.807, 2.05) is 25.1 Å². The molecule has 1 saturated carbocycles. The highest BCUT2D eigenvalue weighted by Crippen LogP contribution is 2.30. The Hall–Kier alpha value is -0.630. The van der Waals surface area contributed by atoms with E-state index in [2.05, 4.69) is 20.7 Å². The van der Waals surface area contributed by atoms with Crippen LogP contribution in [0.2, 0.25) is 0 Å². The van der Waals surface area contributed by atoms with Gasteiger partial charge in [0.25, 0.3) is 0 Å². The molecule has 1 atom stereocenters. The third kappa shape index (κ3) is 4.01. The lowest BCUT2D eigenvalue weighted by Gasteiger charge is -2.23. The molecule has 0 bridgehead atoms. The summed E-state index contributed by atoms with van der Waals surface area (Å²) in [4.78, 5) is 2.14. The molecule has 0 aromatic heterocycles. The predicted molar refractivity (Wildman–Crippen MR) is 93.6 cm³/mol. The minimum Gasteiger partial charge on any atom is -0.378 e. The minimum absolute atomic E-state index is 0.192. The van der Waals surface area contributed by atoms with E-state index in [1.54, 1.807) is 12.1 Å². The van der Waals surface area contributed by atoms with Crippen LogP contribution in [-0.2, 0) is 10.0 Å². The Morgan fingerprint density at radius 2 is 2.00 bits per heavy atom. The predicted octanol–water partition coefficient (Wildman–Crippen LogP) is 2.31. The van der Waals surface area contributed by atoms with Gasteiger partial charge in [-0.2, -0.15) is 0 Å². The van der Waals surface area contributed by atoms with Gasteiger partial charge in [0.15, 0.2) is 0 Å². The van der Waals surface area contributed by atoms with Crippen molar-refractivity contribution < 1.29 is 8.42 Å². The lowest BCUT2D eigenvalue weighted by molar-refractivity contribution is 0.405. The Labute approximate surface area is 141 Å². The summed E-state index contributed by atoms with van der Waals surface area (Å²) in [6.07, 6.45) is 4.40. The van der Waals surface area contributed by atoms with E-state index in [1.165, 1.54) is 0 Å². The molecule has 1 aromatic rings. The average Bonchev–Trinajstić information content (AvgIpc) is 2.98. The third-order valence-corrected chi connectivity index (χ3v) is 6.73. The van der Waals surface area contributed by atoms with Crippen LogP contribution in [0.4, 0.5) is 5.69 Å². The summed E-state index contributed by atoms with van der Waals surface area (Å²) in [5.74, 6) is 0.343. The zero-order valence-electron chi connectivity index (χ0n) is 13.0. The minimum atomic E-state index is -3.60. The first-order valence-electron chi connectivity index (χ1n) is 7.54. The molecule has 124 valence electrons. The van der Waals surface area contributed by atoms with E-state index in [0.717, 1.165) is 31.4 Å². The second-order valence-electron chi connectivity index (χ2n) is 6.02. The van der Waals surface area contributed by atoms with E-state index in [4.69, 9.17) is 5.73 Å². The van der Waals surface area contributed by atoms with E-state index in [0.29, 0.717) is 16.9 Å². The molecule has 1 fully saturated rings. The summed E-state index contributed by atoms with van der Waals surface area (Å²) < 4.78 is 28.8. The highest BCUT2D eigenvalue weighted by Gasteiger charge is 2.29. The lowest BCUT2D eigenvalue weighted by atomic mass is 9.99. The van der Waals surface area contributed by atoms with Gasteiger partial charge in [-0.3, -0.25) is 0 Å². The summed E-state index contributed by atoms with van der Waals surface area (Å²) in [6, 6.07) is 5.12. The van der Waals surface area contributed by atoms with Gasteiger partial charge in [-0.15, -0.1) is 0 Å². The smallest absolute Gasteiger partial charge is 0.242 e. The molecule has 3 N–H and O–H groups in total. The molecule has 1 aliphatic rings. The molecule has 1 unspecified atom stereocenters. The zero-order valence-corrected chi connectivity index (χ0v) is 15.5. The number of nitrogens with zero attached hydrogens (tertiary/aromatic N) is 1. The van der Waals surface area contributed by atoms with Gasteiger partial charge in [0.2, 0.25) is 10.0 Å². The summed E-state index contributed by atoms with van der Waals surface area (Å²) in [5, 5.41) is 0. The van der Waals surface area contributed by atoms with Gasteiger partial charge in [-0.1, -0.05) is 12.8 Å². The third-order valence-electron chi connectivity index (χ3n) is 4.25. The van der Waals surface area contributed by atoms with Crippen LogP contribution in [0.1, 0.15) is 25.7 Å². The maximum atomic E-state index is 12.7. The van der Waals surface area contributed by atoms with Crippen LogP contribution in [0.25, 0.3) is 0 Å². The Morgan fingerprint density at radius 3 is 2.55 bits per heavy atom. The van der Waals surface area contributed by atoms with Crippen molar-refractivity contribution in [1.29, 1.82) is 0 Å². The fourth-order valence-electron chi connectivity index (χ4n) is 2.94. The standard InChI is InChI=1S/C15H24BrN3O2S/c1-19(2)12-7-8-13(16)15(9-12)22(20,21)18-14(10-17)11-5-3-4-6-11/h7-9,11,14,18H,3-6,10,17H2,1-2H3. The van der Waals surface area contributed by atoms with Crippen LogP contribution in [0.3, 0.4) is 0 Å². The van der Waals surface area contributed by atoms with Crippen LogP contribution in [-0.4, -0.2) is 35.1 Å². The van der Waals surface area contributed by atoms with Crippen molar-refractivity contribution in [3.05, 3.63) is 22.7 Å². The van der Waals surface area contributed by atoms with Crippen molar-refractivity contribution in [2.75, 3.05) is 25.5 Å². The molecule has 7 heteroatoms. The number of halogens is 1. The van der Waals surface area contributed by atoms with Crippen LogP contribution in [0.5, 0.6) is 0 Å². The SMILES string of the molecule is CN(C)c1ccc(Br)c(S(=O)(=O)NC(CN)C2CCCC2)c1. The molecule has 0 spiro atoms. The Balaban J connectivity index is 2.27. The van der Waals surface area contributed by atoms with Gasteiger partial charge in [0.1, 0.15) is 0 Å². The number of sulfonamides is 1. The average molecular weight is 390 g/mol. The van der Waals surface area contributed by atoms with E-state index in [-0.39, 0.29) is 10.9 Å². The number of hydrogen-bond donors (Lipinski definition) is 2. The van der Waals surface area contributed by atoms with E-state index < -0.39 is 10.0 Å². The number of anilines is 1. The zero-order chi connectivity index (χ0) is 16.3. The first-order chi connectivity index (χ1) is 10.3. The van der Waals surface area contributed by atoms with Crippen molar-refractivity contribution in [1.82, 2.24) is 4.72 Å². The number of nitrogens with two attached hydrogens (primary N) is 1. The van der Waals surface area contributed by atoms with Gasteiger partial charge in [-0.05, 0) is 52.9 Å². The highest BCUT2D eigenvalue weighted by atomic mass is 79.9. The fraction of sp³-hybridized carbons (Fsp3) is 0.600. The monoisotopic (exact) mass is 389 g/mol. The first kappa shape index (κ1) is 17.7. The maximum Gasteiger partial charge on any atom is 0.242 e. The topological polar surface area (TPSA) is 75.4 Å². The molecular formula is C15H24BrN3O2S. The highest BCUT2D eigenvalue weighted by molar-refractivity contribution is 9.10. The molecule has 1 aromatic carbocycles. The van der Waals surface area contributed by atoms with E-state index >= 15 is 0 Å². The van der Waals surface area contributed by atoms with Crippen LogP contribution >= 0.6 is 15.9 Å².